The van der Waals surface area contributed by atoms with Crippen LogP contribution in [0, 0.1) is 0 Å². The van der Waals surface area contributed by atoms with Crippen LogP contribution in [0.4, 0.5) is 0 Å². The van der Waals surface area contributed by atoms with Gasteiger partial charge in [0.05, 0.1) is 16.6 Å². The molecule has 3 aromatic carbocycles. The average Bonchev–Trinajstić information content (AvgIpc) is 3.06. The van der Waals surface area contributed by atoms with E-state index in [1.165, 1.54) is 0 Å². The van der Waals surface area contributed by atoms with Crippen LogP contribution in [0.1, 0.15) is 10.4 Å². The molecule has 0 atom stereocenters. The average molecular weight is 314 g/mol. The number of carbonyl (C=O) groups is 1. The second-order valence-electron chi connectivity index (χ2n) is 5.35. The number of aromatic nitrogens is 2. The van der Waals surface area contributed by atoms with E-state index in [-0.39, 0.29) is 0 Å². The first-order valence-corrected chi connectivity index (χ1v) is 7.62. The molecule has 116 valence electrons. The molecule has 1 aromatic heterocycles. The number of hydrogen-bond acceptors (Lipinski definition) is 3. The molecule has 0 unspecified atom stereocenters. The van der Waals surface area contributed by atoms with Crippen LogP contribution in [0.25, 0.3) is 22.4 Å². The highest BCUT2D eigenvalue weighted by Crippen LogP contribution is 2.25. The van der Waals surface area contributed by atoms with Gasteiger partial charge < -0.3 is 9.72 Å². The van der Waals surface area contributed by atoms with E-state index in [9.17, 15) is 4.79 Å². The van der Waals surface area contributed by atoms with E-state index >= 15 is 0 Å². The zero-order valence-corrected chi connectivity index (χ0v) is 12.8. The standard InChI is InChI=1S/C20H14N2O2/c23-20(24-14-8-2-1-3-9-14)16-11-5-4-10-15(16)19-21-17-12-6-7-13-18(17)22-19/h1-13H,(H,21,22). The lowest BCUT2D eigenvalue weighted by Gasteiger charge is -2.07. The molecule has 0 spiro atoms. The minimum Gasteiger partial charge on any atom is -0.423 e. The maximum absolute atomic E-state index is 12.6. The maximum Gasteiger partial charge on any atom is 0.344 e. The molecule has 24 heavy (non-hydrogen) atoms. The highest BCUT2D eigenvalue weighted by molar-refractivity contribution is 5.98. The summed E-state index contributed by atoms with van der Waals surface area (Å²) >= 11 is 0. The fourth-order valence-electron chi connectivity index (χ4n) is 2.60. The Kier molecular flexibility index (Phi) is 3.56. The topological polar surface area (TPSA) is 55.0 Å². The van der Waals surface area contributed by atoms with Crippen molar-refractivity contribution in [1.29, 1.82) is 0 Å². The van der Waals surface area contributed by atoms with Gasteiger partial charge in [-0.3, -0.25) is 0 Å². The van der Waals surface area contributed by atoms with E-state index in [0.29, 0.717) is 17.1 Å². The molecule has 4 aromatic rings. The number of esters is 1. The van der Waals surface area contributed by atoms with Gasteiger partial charge in [-0.25, -0.2) is 9.78 Å². The molecule has 1 heterocycles. The predicted octanol–water partition coefficient (Wildman–Crippen LogP) is 4.45. The van der Waals surface area contributed by atoms with Crippen LogP contribution in [0.15, 0.2) is 78.9 Å². The van der Waals surface area contributed by atoms with Gasteiger partial charge in [-0.05, 0) is 30.3 Å². The number of rotatable bonds is 3. The Labute approximate surface area is 138 Å². The van der Waals surface area contributed by atoms with Crippen molar-refractivity contribution in [2.24, 2.45) is 0 Å². The lowest BCUT2D eigenvalue weighted by Crippen LogP contribution is -2.10. The molecule has 0 radical (unpaired) electrons. The lowest BCUT2D eigenvalue weighted by atomic mass is 10.1. The Balaban J connectivity index is 1.73. The molecule has 0 saturated heterocycles. The van der Waals surface area contributed by atoms with Crippen molar-refractivity contribution in [2.45, 2.75) is 0 Å². The summed E-state index contributed by atoms with van der Waals surface area (Å²) in [4.78, 5) is 20.4. The number of hydrogen-bond donors (Lipinski definition) is 1. The SMILES string of the molecule is O=C(Oc1ccccc1)c1ccccc1-c1nc2ccccc2[nH]1. The quantitative estimate of drug-likeness (QED) is 0.449. The van der Waals surface area contributed by atoms with Gasteiger partial charge in [0.2, 0.25) is 0 Å². The smallest absolute Gasteiger partial charge is 0.344 e. The van der Waals surface area contributed by atoms with Crippen molar-refractivity contribution in [3.05, 3.63) is 84.4 Å². The number of nitrogens with zero attached hydrogens (tertiary/aromatic N) is 1. The molecule has 0 bridgehead atoms. The number of nitrogens with one attached hydrogen (secondary N) is 1. The third kappa shape index (κ3) is 2.65. The minimum absolute atomic E-state index is 0.405. The van der Waals surface area contributed by atoms with Gasteiger partial charge in [0.1, 0.15) is 11.6 Å². The first-order valence-electron chi connectivity index (χ1n) is 7.62. The van der Waals surface area contributed by atoms with Crippen molar-refractivity contribution in [1.82, 2.24) is 9.97 Å². The summed E-state index contributed by atoms with van der Waals surface area (Å²) in [5.41, 5.74) is 2.98. The van der Waals surface area contributed by atoms with Crippen LogP contribution in [-0.4, -0.2) is 15.9 Å². The Bertz CT molecular complexity index is 973. The molecular formula is C20H14N2O2. The molecule has 1 N–H and O–H groups in total. The summed E-state index contributed by atoms with van der Waals surface area (Å²) in [5.74, 6) is 0.760. The third-order valence-corrected chi connectivity index (χ3v) is 3.75. The fourth-order valence-corrected chi connectivity index (χ4v) is 2.60. The van der Waals surface area contributed by atoms with Gasteiger partial charge in [-0.1, -0.05) is 48.5 Å². The number of H-pyrrole nitrogens is 1. The first-order chi connectivity index (χ1) is 11.8. The van der Waals surface area contributed by atoms with E-state index in [1.54, 1.807) is 18.2 Å². The Morgan fingerprint density at radius 1 is 0.833 bits per heavy atom. The third-order valence-electron chi connectivity index (χ3n) is 3.75. The van der Waals surface area contributed by atoms with Crippen molar-refractivity contribution >= 4 is 17.0 Å². The van der Waals surface area contributed by atoms with Crippen molar-refractivity contribution in [2.75, 3.05) is 0 Å². The molecular weight excluding hydrogens is 300 g/mol. The number of benzene rings is 3. The number of carbonyl (C=O) groups excluding carboxylic acids is 1. The lowest BCUT2D eigenvalue weighted by molar-refractivity contribution is 0.0735. The van der Waals surface area contributed by atoms with Crippen LogP contribution in [0.3, 0.4) is 0 Å². The Morgan fingerprint density at radius 2 is 1.54 bits per heavy atom. The summed E-state index contributed by atoms with van der Waals surface area (Å²) in [7, 11) is 0. The van der Waals surface area contributed by atoms with E-state index in [2.05, 4.69) is 9.97 Å². The number of imidazole rings is 1. The van der Waals surface area contributed by atoms with E-state index in [0.717, 1.165) is 16.6 Å². The normalized spacial score (nSPS) is 10.7. The zero-order valence-electron chi connectivity index (χ0n) is 12.8. The largest absolute Gasteiger partial charge is 0.423 e. The molecule has 0 fully saturated rings. The van der Waals surface area contributed by atoms with Gasteiger partial charge >= 0.3 is 5.97 Å². The second-order valence-corrected chi connectivity index (χ2v) is 5.35. The summed E-state index contributed by atoms with van der Waals surface area (Å²) in [5, 5.41) is 0. The summed E-state index contributed by atoms with van der Waals surface area (Å²) in [6.07, 6.45) is 0. The van der Waals surface area contributed by atoms with Crippen molar-refractivity contribution < 1.29 is 9.53 Å². The fraction of sp³-hybridized carbons (Fsp3) is 0. The van der Waals surface area contributed by atoms with Gasteiger partial charge in [0.25, 0.3) is 0 Å². The molecule has 4 heteroatoms. The number of ether oxygens (including phenoxy) is 1. The zero-order chi connectivity index (χ0) is 16.4. The monoisotopic (exact) mass is 314 g/mol. The second kappa shape index (κ2) is 6.01. The van der Waals surface area contributed by atoms with Crippen LogP contribution < -0.4 is 4.74 Å². The van der Waals surface area contributed by atoms with Gasteiger partial charge in [0, 0.05) is 5.56 Å². The molecule has 0 saturated carbocycles. The van der Waals surface area contributed by atoms with Crippen LogP contribution in [0.5, 0.6) is 5.75 Å². The van der Waals surface area contributed by atoms with Crippen LogP contribution >= 0.6 is 0 Å². The summed E-state index contributed by atoms with van der Waals surface area (Å²) < 4.78 is 5.46. The molecule has 4 nitrogen and oxygen atoms in total. The molecule has 0 aliphatic heterocycles. The van der Waals surface area contributed by atoms with E-state index < -0.39 is 5.97 Å². The Hall–Kier alpha value is -3.40. The molecule has 0 amide bonds. The predicted molar refractivity (Wildman–Crippen MR) is 92.9 cm³/mol. The molecule has 0 aliphatic carbocycles. The van der Waals surface area contributed by atoms with E-state index in [1.807, 2.05) is 60.7 Å². The number of fused-ring (bicyclic) bond motifs is 1. The maximum atomic E-state index is 12.6. The number of aromatic amines is 1. The van der Waals surface area contributed by atoms with Gasteiger partial charge in [-0.2, -0.15) is 0 Å². The highest BCUT2D eigenvalue weighted by Gasteiger charge is 2.16. The molecule has 4 rings (SSSR count). The van der Waals surface area contributed by atoms with E-state index in [4.69, 9.17) is 4.74 Å². The van der Waals surface area contributed by atoms with Crippen LogP contribution in [-0.2, 0) is 0 Å². The summed E-state index contributed by atoms with van der Waals surface area (Å²) in [6.45, 7) is 0. The molecule has 0 aliphatic rings. The van der Waals surface area contributed by atoms with Crippen molar-refractivity contribution in [3.8, 4) is 17.1 Å². The van der Waals surface area contributed by atoms with Gasteiger partial charge in [0.15, 0.2) is 0 Å². The number of para-hydroxylation sites is 3. The highest BCUT2D eigenvalue weighted by atomic mass is 16.5. The van der Waals surface area contributed by atoms with Gasteiger partial charge in [-0.15, -0.1) is 0 Å². The first kappa shape index (κ1) is 14.2. The summed E-state index contributed by atoms with van der Waals surface area (Å²) in [6, 6.07) is 24.1. The minimum atomic E-state index is -0.405. The Morgan fingerprint density at radius 3 is 2.38 bits per heavy atom. The van der Waals surface area contributed by atoms with Crippen molar-refractivity contribution in [3.63, 3.8) is 0 Å². The van der Waals surface area contributed by atoms with Crippen LogP contribution in [0.2, 0.25) is 0 Å².